The number of fused-ring (bicyclic) bond motifs is 7. The van der Waals surface area contributed by atoms with Crippen LogP contribution in [-0.2, 0) is 12.8 Å². The maximum absolute atomic E-state index is 5.52. The van der Waals surface area contributed by atoms with Crippen molar-refractivity contribution in [3.8, 4) is 5.75 Å². The molecule has 2 aromatic rings. The Labute approximate surface area is 226 Å². The fourth-order valence-electron chi connectivity index (χ4n) is 10.5. The van der Waals surface area contributed by atoms with Gasteiger partial charge in [-0.3, -0.25) is 4.98 Å². The minimum Gasteiger partial charge on any atom is -0.497 e. The second-order valence-corrected chi connectivity index (χ2v) is 14.7. The lowest BCUT2D eigenvalue weighted by atomic mass is 9.44. The van der Waals surface area contributed by atoms with Crippen LogP contribution in [0.15, 0.2) is 24.3 Å². The van der Waals surface area contributed by atoms with Gasteiger partial charge in [-0.15, -0.1) is 0 Å². The molecule has 0 spiro atoms. The summed E-state index contributed by atoms with van der Waals surface area (Å²) >= 11 is 0. The topological polar surface area (TPSA) is 22.1 Å². The summed E-state index contributed by atoms with van der Waals surface area (Å²) < 4.78 is 5.52. The number of rotatable bonds is 6. The monoisotopic (exact) mass is 501 g/mol. The maximum Gasteiger partial charge on any atom is 0.119 e. The van der Waals surface area contributed by atoms with Gasteiger partial charge in [-0.05, 0) is 133 Å². The van der Waals surface area contributed by atoms with E-state index in [9.17, 15) is 0 Å². The largest absolute Gasteiger partial charge is 0.497 e. The Morgan fingerprint density at radius 1 is 0.946 bits per heavy atom. The number of ether oxygens (including phenoxy) is 1. The van der Waals surface area contributed by atoms with Gasteiger partial charge in [0.25, 0.3) is 0 Å². The first-order valence-electron chi connectivity index (χ1n) is 15.7. The molecule has 4 aliphatic carbocycles. The van der Waals surface area contributed by atoms with E-state index in [1.54, 1.807) is 7.11 Å². The first-order chi connectivity index (χ1) is 17.7. The van der Waals surface area contributed by atoms with Crippen LogP contribution in [-0.4, -0.2) is 12.1 Å². The van der Waals surface area contributed by atoms with Crippen LogP contribution >= 0.6 is 0 Å². The molecule has 1 aromatic heterocycles. The maximum atomic E-state index is 5.52. The van der Waals surface area contributed by atoms with E-state index in [2.05, 4.69) is 58.9 Å². The van der Waals surface area contributed by atoms with Crippen molar-refractivity contribution in [2.45, 2.75) is 105 Å². The molecule has 8 atom stereocenters. The van der Waals surface area contributed by atoms with Crippen LogP contribution in [0, 0.1) is 52.3 Å². The molecule has 0 radical (unpaired) electrons. The van der Waals surface area contributed by atoms with E-state index in [0.29, 0.717) is 10.8 Å². The van der Waals surface area contributed by atoms with Gasteiger partial charge in [-0.1, -0.05) is 53.9 Å². The molecule has 2 nitrogen and oxygen atoms in total. The van der Waals surface area contributed by atoms with Crippen LogP contribution < -0.4 is 4.74 Å². The van der Waals surface area contributed by atoms with Gasteiger partial charge in [0.15, 0.2) is 0 Å². The van der Waals surface area contributed by atoms with Crippen LogP contribution in [0.5, 0.6) is 5.75 Å². The zero-order valence-electron chi connectivity index (χ0n) is 24.5. The Kier molecular flexibility index (Phi) is 6.64. The molecule has 6 rings (SSSR count). The molecule has 0 saturated heterocycles. The summed E-state index contributed by atoms with van der Waals surface area (Å²) in [6.45, 7) is 12.8. The molecule has 4 aliphatic rings. The number of pyridine rings is 1. The summed E-state index contributed by atoms with van der Waals surface area (Å²) in [5, 5.41) is 1.24. The van der Waals surface area contributed by atoms with E-state index in [4.69, 9.17) is 9.72 Å². The summed E-state index contributed by atoms with van der Waals surface area (Å²) in [6.07, 6.45) is 15.5. The first-order valence-corrected chi connectivity index (χ1v) is 15.7. The van der Waals surface area contributed by atoms with E-state index in [0.717, 1.165) is 52.7 Å². The minimum atomic E-state index is 0.437. The van der Waals surface area contributed by atoms with E-state index in [1.807, 2.05) is 0 Å². The molecule has 0 N–H and O–H groups in total. The number of aromatic nitrogens is 1. The minimum absolute atomic E-state index is 0.437. The molecule has 202 valence electrons. The first kappa shape index (κ1) is 25.7. The predicted molar refractivity (Wildman–Crippen MR) is 155 cm³/mol. The van der Waals surface area contributed by atoms with Gasteiger partial charge >= 0.3 is 0 Å². The molecule has 2 heteroatoms. The molecule has 0 amide bonds. The van der Waals surface area contributed by atoms with Crippen molar-refractivity contribution < 1.29 is 4.74 Å². The third-order valence-corrected chi connectivity index (χ3v) is 12.5. The van der Waals surface area contributed by atoms with E-state index >= 15 is 0 Å². The van der Waals surface area contributed by atoms with Crippen LogP contribution in [0.4, 0.5) is 0 Å². The fourth-order valence-corrected chi connectivity index (χ4v) is 10.5. The standard InChI is InChI=1S/C35H51NO/c1-22(2)8-7-9-23(3)29-13-14-30-28-12-10-26-20-33-25(18-24-19-27(37-6)11-15-32(24)36-33)21-35(26,5)31(28)16-17-34(29,30)4/h11,15,18-19,22-23,26,28-31H,7-10,12-14,16-17,20-21H2,1-6H3/t23-,26+,28?,29-,30?,31?,34-,35+/m1/s1. The predicted octanol–water partition coefficient (Wildman–Crippen LogP) is 9.28. The van der Waals surface area contributed by atoms with Crippen molar-refractivity contribution >= 4 is 10.9 Å². The number of methoxy groups -OCH3 is 1. The smallest absolute Gasteiger partial charge is 0.119 e. The van der Waals surface area contributed by atoms with E-state index in [-0.39, 0.29) is 0 Å². The molecule has 3 fully saturated rings. The molecule has 37 heavy (non-hydrogen) atoms. The van der Waals surface area contributed by atoms with Crippen molar-refractivity contribution in [3.63, 3.8) is 0 Å². The quantitative estimate of drug-likeness (QED) is 0.393. The average molecular weight is 502 g/mol. The lowest BCUT2D eigenvalue weighted by Gasteiger charge is -2.60. The zero-order valence-corrected chi connectivity index (χ0v) is 24.5. The van der Waals surface area contributed by atoms with Crippen LogP contribution in [0.1, 0.15) is 104 Å². The summed E-state index contributed by atoms with van der Waals surface area (Å²) in [6, 6.07) is 8.83. The average Bonchev–Trinajstić information content (AvgIpc) is 3.22. The lowest BCUT2D eigenvalue weighted by molar-refractivity contribution is -0.103. The van der Waals surface area contributed by atoms with Crippen LogP contribution in [0.25, 0.3) is 10.9 Å². The van der Waals surface area contributed by atoms with Crippen LogP contribution in [0.3, 0.4) is 0 Å². The Morgan fingerprint density at radius 2 is 1.76 bits per heavy atom. The summed E-state index contributed by atoms with van der Waals surface area (Å²) in [4.78, 5) is 5.19. The second kappa shape index (κ2) is 9.56. The summed E-state index contributed by atoms with van der Waals surface area (Å²) in [7, 11) is 1.76. The Balaban J connectivity index is 1.23. The third kappa shape index (κ3) is 4.24. The fraction of sp³-hybridized carbons (Fsp3) is 0.743. The van der Waals surface area contributed by atoms with Gasteiger partial charge in [-0.2, -0.15) is 0 Å². The van der Waals surface area contributed by atoms with Crippen molar-refractivity contribution in [2.24, 2.45) is 52.3 Å². The number of hydrogen-bond acceptors (Lipinski definition) is 2. The van der Waals surface area contributed by atoms with Crippen LogP contribution in [0.2, 0.25) is 0 Å². The highest BCUT2D eigenvalue weighted by molar-refractivity contribution is 5.81. The normalized spacial score (nSPS) is 37.5. The van der Waals surface area contributed by atoms with E-state index in [1.165, 1.54) is 87.3 Å². The van der Waals surface area contributed by atoms with Crippen molar-refractivity contribution in [1.29, 1.82) is 0 Å². The van der Waals surface area contributed by atoms with Crippen molar-refractivity contribution in [2.75, 3.05) is 7.11 Å². The Morgan fingerprint density at radius 3 is 2.54 bits per heavy atom. The third-order valence-electron chi connectivity index (χ3n) is 12.5. The lowest BCUT2D eigenvalue weighted by Crippen LogP contribution is -2.54. The van der Waals surface area contributed by atoms with Gasteiger partial charge in [0, 0.05) is 11.1 Å². The number of benzene rings is 1. The molecular weight excluding hydrogens is 450 g/mol. The molecule has 3 unspecified atom stereocenters. The highest BCUT2D eigenvalue weighted by Crippen LogP contribution is 2.68. The molecule has 3 saturated carbocycles. The second-order valence-electron chi connectivity index (χ2n) is 14.7. The summed E-state index contributed by atoms with van der Waals surface area (Å²) in [5.41, 5.74) is 5.06. The molecule has 1 aromatic carbocycles. The van der Waals surface area contributed by atoms with E-state index < -0.39 is 0 Å². The molecule has 0 aliphatic heterocycles. The Hall–Kier alpha value is -1.57. The summed E-state index contributed by atoms with van der Waals surface area (Å²) in [5.74, 6) is 7.25. The number of nitrogens with zero attached hydrogens (tertiary/aromatic N) is 1. The highest BCUT2D eigenvalue weighted by atomic mass is 16.5. The Bertz CT molecular complexity index is 1140. The van der Waals surface area contributed by atoms with Gasteiger partial charge in [0.1, 0.15) is 5.75 Å². The zero-order chi connectivity index (χ0) is 25.9. The molecular formula is C35H51NO. The molecule has 0 bridgehead atoms. The molecule has 1 heterocycles. The van der Waals surface area contributed by atoms with Gasteiger partial charge in [0.2, 0.25) is 0 Å². The van der Waals surface area contributed by atoms with Gasteiger partial charge in [0.05, 0.1) is 12.6 Å². The van der Waals surface area contributed by atoms with Gasteiger partial charge < -0.3 is 4.74 Å². The highest BCUT2D eigenvalue weighted by Gasteiger charge is 2.60. The van der Waals surface area contributed by atoms with Crippen molar-refractivity contribution in [3.05, 3.63) is 35.5 Å². The van der Waals surface area contributed by atoms with Crippen molar-refractivity contribution in [1.82, 2.24) is 4.98 Å². The number of hydrogen-bond donors (Lipinski definition) is 0. The SMILES string of the molecule is COc1ccc2nc3c(cc2c1)C[C@]1(C)C2CC[C@@]4(C)C(CC[C@@H]4[C@H](C)CCCC(C)C)C2CC[C@H]1C3. The van der Waals surface area contributed by atoms with Gasteiger partial charge in [-0.25, -0.2) is 0 Å².